The highest BCUT2D eigenvalue weighted by atomic mass is 14.9. The highest BCUT2D eigenvalue weighted by Gasteiger charge is 2.28. The second-order valence-electron chi connectivity index (χ2n) is 5.21. The summed E-state index contributed by atoms with van der Waals surface area (Å²) < 4.78 is 0. The van der Waals surface area contributed by atoms with Gasteiger partial charge in [0.05, 0.1) is 0 Å². The minimum Gasteiger partial charge on any atom is -0.325 e. The van der Waals surface area contributed by atoms with E-state index in [1.807, 2.05) is 0 Å². The van der Waals surface area contributed by atoms with Crippen molar-refractivity contribution >= 4 is 0 Å². The Balaban J connectivity index is 2.05. The fourth-order valence-corrected chi connectivity index (χ4v) is 2.55. The molecule has 0 aromatic carbocycles. The van der Waals surface area contributed by atoms with E-state index < -0.39 is 0 Å². The molecule has 1 rings (SSSR count). The predicted octanol–water partition coefficient (Wildman–Crippen LogP) is 2.67. The Labute approximate surface area is 95.0 Å². The predicted molar refractivity (Wildman–Crippen MR) is 66.9 cm³/mol. The molecule has 0 amide bonds. The van der Waals surface area contributed by atoms with Gasteiger partial charge in [-0.15, -0.1) is 0 Å². The van der Waals surface area contributed by atoms with Crippen LogP contribution in [0.3, 0.4) is 0 Å². The molecule has 0 aliphatic heterocycles. The molecule has 0 radical (unpaired) electrons. The lowest BCUT2D eigenvalue weighted by Crippen LogP contribution is -2.40. The molecule has 0 saturated heterocycles. The van der Waals surface area contributed by atoms with Crippen molar-refractivity contribution in [2.75, 3.05) is 13.1 Å². The van der Waals surface area contributed by atoms with Crippen LogP contribution in [-0.4, -0.2) is 18.6 Å². The van der Waals surface area contributed by atoms with E-state index in [-0.39, 0.29) is 5.54 Å². The lowest BCUT2D eigenvalue weighted by Gasteiger charge is -2.24. The van der Waals surface area contributed by atoms with E-state index in [4.69, 9.17) is 5.73 Å². The average molecular weight is 212 g/mol. The zero-order chi connectivity index (χ0) is 11.1. The van der Waals surface area contributed by atoms with Crippen molar-refractivity contribution in [3.63, 3.8) is 0 Å². The summed E-state index contributed by atoms with van der Waals surface area (Å²) in [5.41, 5.74) is 6.47. The third kappa shape index (κ3) is 4.52. The highest BCUT2D eigenvalue weighted by molar-refractivity contribution is 4.89. The molecule has 15 heavy (non-hydrogen) atoms. The summed E-state index contributed by atoms with van der Waals surface area (Å²) in [5, 5.41) is 3.56. The van der Waals surface area contributed by atoms with Crippen LogP contribution < -0.4 is 11.1 Å². The first-order chi connectivity index (χ1) is 7.20. The van der Waals surface area contributed by atoms with Crippen LogP contribution in [0.1, 0.15) is 58.8 Å². The Kier molecular flexibility index (Phi) is 5.62. The Hall–Kier alpha value is -0.0800. The van der Waals surface area contributed by atoms with E-state index in [0.29, 0.717) is 0 Å². The van der Waals surface area contributed by atoms with Gasteiger partial charge in [0.15, 0.2) is 0 Å². The van der Waals surface area contributed by atoms with E-state index in [1.165, 1.54) is 45.1 Å². The van der Waals surface area contributed by atoms with Crippen LogP contribution in [0.25, 0.3) is 0 Å². The van der Waals surface area contributed by atoms with Crippen molar-refractivity contribution in [2.45, 2.75) is 64.3 Å². The summed E-state index contributed by atoms with van der Waals surface area (Å²) >= 11 is 0. The largest absolute Gasteiger partial charge is 0.325 e. The quantitative estimate of drug-likeness (QED) is 0.637. The van der Waals surface area contributed by atoms with Crippen molar-refractivity contribution in [2.24, 2.45) is 11.7 Å². The molecule has 0 aromatic heterocycles. The van der Waals surface area contributed by atoms with Crippen molar-refractivity contribution < 1.29 is 0 Å². The minimum atomic E-state index is 0.168. The van der Waals surface area contributed by atoms with Gasteiger partial charge >= 0.3 is 0 Å². The normalized spacial score (nSPS) is 20.0. The molecule has 0 aromatic rings. The number of hydrogen-bond acceptors (Lipinski definition) is 2. The Morgan fingerprint density at radius 2 is 1.80 bits per heavy atom. The molecule has 2 heteroatoms. The summed E-state index contributed by atoms with van der Waals surface area (Å²) in [4.78, 5) is 0. The van der Waals surface area contributed by atoms with Crippen molar-refractivity contribution in [3.8, 4) is 0 Å². The molecule has 1 aliphatic carbocycles. The summed E-state index contributed by atoms with van der Waals surface area (Å²) in [5.74, 6) is 0.849. The molecule has 0 atom stereocenters. The van der Waals surface area contributed by atoms with Gasteiger partial charge in [0.25, 0.3) is 0 Å². The van der Waals surface area contributed by atoms with Gasteiger partial charge in [-0.1, -0.05) is 39.5 Å². The fourth-order valence-electron chi connectivity index (χ4n) is 2.55. The smallest absolute Gasteiger partial charge is 0.0166 e. The molecule has 90 valence electrons. The number of nitrogens with one attached hydrogen (secondary N) is 1. The lowest BCUT2D eigenvalue weighted by molar-refractivity contribution is 0.376. The third-order valence-corrected chi connectivity index (χ3v) is 3.99. The van der Waals surface area contributed by atoms with Gasteiger partial charge in [-0.25, -0.2) is 0 Å². The molecule has 1 fully saturated rings. The first kappa shape index (κ1) is 13.0. The maximum Gasteiger partial charge on any atom is 0.0166 e. The van der Waals surface area contributed by atoms with Gasteiger partial charge < -0.3 is 11.1 Å². The van der Waals surface area contributed by atoms with Gasteiger partial charge in [0.1, 0.15) is 0 Å². The summed E-state index contributed by atoms with van der Waals surface area (Å²) in [6.45, 7) is 6.82. The standard InChI is InChI=1S/C13H28N2/c1-3-12(4-2)11-15-10-9-13(14)7-5-6-8-13/h12,15H,3-11,14H2,1-2H3. The van der Waals surface area contributed by atoms with Crippen LogP contribution in [0.2, 0.25) is 0 Å². The third-order valence-electron chi connectivity index (χ3n) is 3.99. The summed E-state index contributed by atoms with van der Waals surface area (Å²) in [6.07, 6.45) is 8.88. The van der Waals surface area contributed by atoms with Crippen molar-refractivity contribution in [1.29, 1.82) is 0 Å². The van der Waals surface area contributed by atoms with Gasteiger partial charge in [0, 0.05) is 5.54 Å². The first-order valence-electron chi connectivity index (χ1n) is 6.70. The summed E-state index contributed by atoms with van der Waals surface area (Å²) in [7, 11) is 0. The molecule has 0 heterocycles. The molecule has 2 nitrogen and oxygen atoms in total. The van der Waals surface area contributed by atoms with Crippen molar-refractivity contribution in [1.82, 2.24) is 5.32 Å². The first-order valence-corrected chi connectivity index (χ1v) is 6.70. The van der Waals surface area contributed by atoms with E-state index >= 15 is 0 Å². The van der Waals surface area contributed by atoms with E-state index in [0.717, 1.165) is 18.9 Å². The van der Waals surface area contributed by atoms with Crippen LogP contribution in [0, 0.1) is 5.92 Å². The van der Waals surface area contributed by atoms with Gasteiger partial charge in [-0.3, -0.25) is 0 Å². The van der Waals surface area contributed by atoms with Crippen LogP contribution in [0.15, 0.2) is 0 Å². The van der Waals surface area contributed by atoms with Crippen LogP contribution >= 0.6 is 0 Å². The van der Waals surface area contributed by atoms with E-state index in [1.54, 1.807) is 0 Å². The molecule has 1 saturated carbocycles. The minimum absolute atomic E-state index is 0.168. The van der Waals surface area contributed by atoms with Crippen LogP contribution in [0.4, 0.5) is 0 Å². The molecular weight excluding hydrogens is 184 g/mol. The van der Waals surface area contributed by atoms with Crippen LogP contribution in [-0.2, 0) is 0 Å². The Morgan fingerprint density at radius 3 is 2.33 bits per heavy atom. The average Bonchev–Trinajstić information content (AvgIpc) is 2.66. The number of nitrogens with two attached hydrogens (primary N) is 1. The van der Waals surface area contributed by atoms with Gasteiger partial charge in [0.2, 0.25) is 0 Å². The zero-order valence-corrected chi connectivity index (χ0v) is 10.5. The molecular formula is C13H28N2. The second-order valence-corrected chi connectivity index (χ2v) is 5.21. The molecule has 0 bridgehead atoms. The second kappa shape index (κ2) is 6.49. The molecule has 3 N–H and O–H groups in total. The highest BCUT2D eigenvalue weighted by Crippen LogP contribution is 2.29. The SMILES string of the molecule is CCC(CC)CNCCC1(N)CCCC1. The Morgan fingerprint density at radius 1 is 1.20 bits per heavy atom. The maximum atomic E-state index is 6.30. The summed E-state index contributed by atoms with van der Waals surface area (Å²) in [6, 6.07) is 0. The van der Waals surface area contributed by atoms with Crippen LogP contribution in [0.5, 0.6) is 0 Å². The lowest BCUT2D eigenvalue weighted by atomic mass is 9.94. The van der Waals surface area contributed by atoms with E-state index in [9.17, 15) is 0 Å². The number of rotatable bonds is 7. The Bertz CT molecular complexity index is 158. The van der Waals surface area contributed by atoms with E-state index in [2.05, 4.69) is 19.2 Å². The van der Waals surface area contributed by atoms with Crippen molar-refractivity contribution in [3.05, 3.63) is 0 Å². The zero-order valence-electron chi connectivity index (χ0n) is 10.5. The van der Waals surface area contributed by atoms with Gasteiger partial charge in [-0.2, -0.15) is 0 Å². The molecule has 1 aliphatic rings. The maximum absolute atomic E-state index is 6.30. The monoisotopic (exact) mass is 212 g/mol. The molecule has 0 spiro atoms. The molecule has 0 unspecified atom stereocenters. The number of hydrogen-bond donors (Lipinski definition) is 2. The van der Waals surface area contributed by atoms with Gasteiger partial charge in [-0.05, 0) is 38.3 Å². The fraction of sp³-hybridized carbons (Fsp3) is 1.00. The topological polar surface area (TPSA) is 38.0 Å².